The van der Waals surface area contributed by atoms with Crippen LogP contribution in [0.25, 0.3) is 11.0 Å². The maximum Gasteiger partial charge on any atom is 0.154 e. The summed E-state index contributed by atoms with van der Waals surface area (Å²) in [4.78, 5) is 0. The predicted molar refractivity (Wildman–Crippen MR) is 105 cm³/mol. The fourth-order valence-electron chi connectivity index (χ4n) is 3.87. The molecule has 27 heavy (non-hydrogen) atoms. The first-order chi connectivity index (χ1) is 13.1. The van der Waals surface area contributed by atoms with Gasteiger partial charge in [-0.2, -0.15) is 5.10 Å². The van der Waals surface area contributed by atoms with Crippen LogP contribution in [0.5, 0.6) is 0 Å². The van der Waals surface area contributed by atoms with Gasteiger partial charge in [-0.1, -0.05) is 51.5 Å². The van der Waals surface area contributed by atoms with Crippen molar-refractivity contribution in [3.8, 4) is 0 Å². The summed E-state index contributed by atoms with van der Waals surface area (Å²) < 4.78 is 2.77. The third-order valence-electron chi connectivity index (χ3n) is 5.15. The van der Waals surface area contributed by atoms with Gasteiger partial charge < -0.3 is 10.4 Å². The largest absolute Gasteiger partial charge is 0.386 e. The van der Waals surface area contributed by atoms with Crippen LogP contribution in [-0.2, 0) is 0 Å². The zero-order valence-corrected chi connectivity index (χ0v) is 16.1. The molecule has 0 saturated heterocycles. The number of fused-ring (bicyclic) bond motifs is 2. The van der Waals surface area contributed by atoms with Gasteiger partial charge in [0.25, 0.3) is 0 Å². The lowest BCUT2D eigenvalue weighted by atomic mass is 9.87. The number of aromatic amines is 1. The van der Waals surface area contributed by atoms with Crippen LogP contribution in [0.3, 0.4) is 0 Å². The molecule has 5 rings (SSSR count). The number of nitrogens with one attached hydrogen (secondary N) is 2. The molecule has 0 spiro atoms. The van der Waals surface area contributed by atoms with E-state index in [0.29, 0.717) is 5.82 Å². The van der Waals surface area contributed by atoms with E-state index in [2.05, 4.69) is 41.8 Å². The predicted octanol–water partition coefficient (Wildman–Crippen LogP) is 3.67. The number of anilines is 1. The quantitative estimate of drug-likeness (QED) is 0.456. The van der Waals surface area contributed by atoms with Crippen LogP contribution < -0.4 is 5.32 Å². The van der Waals surface area contributed by atoms with E-state index in [-0.39, 0.29) is 12.1 Å². The Labute approximate surface area is 163 Å². The molecule has 136 valence electrons. The molecule has 1 aliphatic heterocycles. The van der Waals surface area contributed by atoms with Crippen molar-refractivity contribution in [1.82, 2.24) is 25.2 Å². The molecule has 7 nitrogen and oxygen atoms in total. The molecule has 3 heterocycles. The highest BCUT2D eigenvalue weighted by Gasteiger charge is 2.42. The number of H-pyrrole nitrogens is 1. The van der Waals surface area contributed by atoms with Gasteiger partial charge in [-0.3, -0.25) is 5.10 Å². The Balaban J connectivity index is 1.74. The monoisotopic (exact) mass is 424 g/mol. The van der Waals surface area contributed by atoms with E-state index >= 15 is 0 Å². The second kappa shape index (κ2) is 6.17. The molecule has 0 fully saturated rings. The van der Waals surface area contributed by atoms with Crippen molar-refractivity contribution >= 4 is 32.8 Å². The highest BCUT2D eigenvalue weighted by Crippen LogP contribution is 2.48. The average Bonchev–Trinajstić information content (AvgIpc) is 3.26. The van der Waals surface area contributed by atoms with E-state index in [1.54, 1.807) is 0 Å². The minimum atomic E-state index is -0.790. The van der Waals surface area contributed by atoms with Crippen LogP contribution in [0, 0.1) is 6.92 Å². The number of aliphatic hydroxyl groups excluding tert-OH is 1. The minimum Gasteiger partial charge on any atom is -0.386 e. The van der Waals surface area contributed by atoms with Crippen LogP contribution in [-0.4, -0.2) is 30.3 Å². The highest BCUT2D eigenvalue weighted by molar-refractivity contribution is 9.10. The molecule has 0 radical (unpaired) electrons. The molecule has 0 amide bonds. The summed E-state index contributed by atoms with van der Waals surface area (Å²) in [6.07, 6.45) is -0.790. The Kier molecular flexibility index (Phi) is 3.76. The number of rotatable bonds is 2. The lowest BCUT2D eigenvalue weighted by molar-refractivity contribution is 0.0900. The van der Waals surface area contributed by atoms with Crippen molar-refractivity contribution in [3.63, 3.8) is 0 Å². The SMILES string of the molecule is Cc1[nH]nc2c1[C@H](O)[C@@H](n1nnc3ccccc31)[C@H](c1ccccc1Br)N2. The maximum atomic E-state index is 11.3. The fraction of sp³-hybridized carbons (Fsp3) is 0.211. The molecule has 0 saturated carbocycles. The van der Waals surface area contributed by atoms with Crippen LogP contribution in [0.15, 0.2) is 53.0 Å². The molecule has 0 aliphatic carbocycles. The van der Waals surface area contributed by atoms with Gasteiger partial charge in [-0.25, -0.2) is 4.68 Å². The fourth-order valence-corrected chi connectivity index (χ4v) is 4.40. The van der Waals surface area contributed by atoms with Crippen molar-refractivity contribution < 1.29 is 5.11 Å². The van der Waals surface area contributed by atoms with Crippen molar-refractivity contribution in [2.24, 2.45) is 0 Å². The Morgan fingerprint density at radius 2 is 1.89 bits per heavy atom. The summed E-state index contributed by atoms with van der Waals surface area (Å²) in [5.74, 6) is 0.668. The molecular formula is C19H17BrN6O. The lowest BCUT2D eigenvalue weighted by Crippen LogP contribution is -2.34. The maximum absolute atomic E-state index is 11.3. The Bertz CT molecular complexity index is 1140. The van der Waals surface area contributed by atoms with E-state index in [1.165, 1.54) is 0 Å². The third-order valence-corrected chi connectivity index (χ3v) is 5.87. The number of hydrogen-bond acceptors (Lipinski definition) is 5. The van der Waals surface area contributed by atoms with Crippen molar-refractivity contribution in [2.45, 2.75) is 25.1 Å². The van der Waals surface area contributed by atoms with Gasteiger partial charge in [-0.05, 0) is 30.7 Å². The molecule has 2 aromatic carbocycles. The number of hydrogen-bond donors (Lipinski definition) is 3. The topological polar surface area (TPSA) is 91.6 Å². The molecule has 3 atom stereocenters. The summed E-state index contributed by atoms with van der Waals surface area (Å²) in [5.41, 5.74) is 4.30. The van der Waals surface area contributed by atoms with Gasteiger partial charge in [-0.15, -0.1) is 5.10 Å². The van der Waals surface area contributed by atoms with Gasteiger partial charge >= 0.3 is 0 Å². The van der Waals surface area contributed by atoms with Gasteiger partial charge in [0.15, 0.2) is 5.82 Å². The van der Waals surface area contributed by atoms with Gasteiger partial charge in [0.1, 0.15) is 17.7 Å². The number of nitrogens with zero attached hydrogens (tertiary/aromatic N) is 4. The van der Waals surface area contributed by atoms with Crippen LogP contribution >= 0.6 is 15.9 Å². The van der Waals surface area contributed by atoms with Crippen LogP contribution in [0.2, 0.25) is 0 Å². The number of benzene rings is 2. The zero-order chi connectivity index (χ0) is 18.5. The molecule has 2 aromatic heterocycles. The summed E-state index contributed by atoms with van der Waals surface area (Å²) >= 11 is 3.64. The Hall–Kier alpha value is -2.71. The normalized spacial score (nSPS) is 21.8. The first-order valence-corrected chi connectivity index (χ1v) is 9.48. The average molecular weight is 425 g/mol. The van der Waals surface area contributed by atoms with Crippen molar-refractivity contribution in [3.05, 3.63) is 69.8 Å². The molecule has 1 aliphatic rings. The summed E-state index contributed by atoms with van der Waals surface area (Å²) in [7, 11) is 0. The van der Waals surface area contributed by atoms with E-state index in [0.717, 1.165) is 32.3 Å². The number of para-hydroxylation sites is 1. The second-order valence-corrected chi connectivity index (χ2v) is 7.57. The van der Waals surface area contributed by atoms with E-state index in [1.807, 2.05) is 60.1 Å². The molecule has 8 heteroatoms. The molecule has 0 unspecified atom stereocenters. The summed E-state index contributed by atoms with van der Waals surface area (Å²) in [5, 5.41) is 30.8. The van der Waals surface area contributed by atoms with E-state index in [4.69, 9.17) is 0 Å². The standard InChI is InChI=1S/C19H17BrN6O/c1-10-15-18(27)17(26-14-9-5-4-8-13(14)23-25-26)16(21-19(15)24-22-10)11-6-2-3-7-12(11)20/h2-9,16-18,27H,1H3,(H2,21,22,24)/t16-,17-,18-/m0/s1. The number of aryl methyl sites for hydroxylation is 1. The first-order valence-electron chi connectivity index (χ1n) is 8.69. The zero-order valence-electron chi connectivity index (χ0n) is 14.5. The van der Waals surface area contributed by atoms with E-state index in [9.17, 15) is 5.11 Å². The molecule has 0 bridgehead atoms. The Morgan fingerprint density at radius 3 is 2.74 bits per heavy atom. The van der Waals surface area contributed by atoms with E-state index < -0.39 is 6.10 Å². The van der Waals surface area contributed by atoms with Gasteiger partial charge in [0.2, 0.25) is 0 Å². The Morgan fingerprint density at radius 1 is 1.11 bits per heavy atom. The smallest absolute Gasteiger partial charge is 0.154 e. The van der Waals surface area contributed by atoms with Gasteiger partial charge in [0.05, 0.1) is 11.6 Å². The minimum absolute atomic E-state index is 0.240. The third kappa shape index (κ3) is 2.48. The molecular weight excluding hydrogens is 408 g/mol. The highest BCUT2D eigenvalue weighted by atomic mass is 79.9. The summed E-state index contributed by atoms with van der Waals surface area (Å²) in [6, 6.07) is 15.1. The van der Waals surface area contributed by atoms with Crippen molar-refractivity contribution in [1.29, 1.82) is 0 Å². The van der Waals surface area contributed by atoms with Crippen LogP contribution in [0.4, 0.5) is 5.82 Å². The number of aliphatic hydroxyl groups is 1. The number of aromatic nitrogens is 5. The van der Waals surface area contributed by atoms with Gasteiger partial charge in [0, 0.05) is 15.7 Å². The lowest BCUT2D eigenvalue weighted by Gasteiger charge is -2.37. The van der Waals surface area contributed by atoms with Crippen LogP contribution in [0.1, 0.15) is 35.0 Å². The summed E-state index contributed by atoms with van der Waals surface area (Å²) in [6.45, 7) is 1.91. The second-order valence-electron chi connectivity index (χ2n) is 6.71. The van der Waals surface area contributed by atoms with Crippen molar-refractivity contribution in [2.75, 3.05) is 5.32 Å². The first kappa shape index (κ1) is 16.5. The number of halogens is 1. The molecule has 3 N–H and O–H groups in total. The molecule has 4 aromatic rings.